The number of hydrogen-bond donors (Lipinski definition) is 0. The van der Waals surface area contributed by atoms with Crippen LogP contribution in [0.1, 0.15) is 54.1 Å². The van der Waals surface area contributed by atoms with Crippen LogP contribution in [0.2, 0.25) is 0 Å². The molecule has 0 atom stereocenters. The second-order valence-electron chi connectivity index (χ2n) is 7.50. The van der Waals surface area contributed by atoms with Gasteiger partial charge in [0, 0.05) is 28.7 Å². The Morgan fingerprint density at radius 3 is 1.06 bits per heavy atom. The summed E-state index contributed by atoms with van der Waals surface area (Å²) in [5.41, 5.74) is 4.76. The highest BCUT2D eigenvalue weighted by atomic mass is 16.5. The molecule has 0 fully saturated rings. The molecule has 8 heteroatoms. The second kappa shape index (κ2) is 10.5. The molecule has 2 rings (SSSR count). The van der Waals surface area contributed by atoms with Gasteiger partial charge in [-0.1, -0.05) is 0 Å². The van der Waals surface area contributed by atoms with Crippen LogP contribution in [0.3, 0.4) is 0 Å². The van der Waals surface area contributed by atoms with Crippen LogP contribution in [0.4, 0.5) is 0 Å². The van der Waals surface area contributed by atoms with Gasteiger partial charge >= 0.3 is 11.9 Å². The maximum Gasteiger partial charge on any atom is 0.341 e. The van der Waals surface area contributed by atoms with Crippen LogP contribution >= 0.6 is 0 Å². The van der Waals surface area contributed by atoms with Gasteiger partial charge in [-0.25, -0.2) is 9.59 Å². The summed E-state index contributed by atoms with van der Waals surface area (Å²) in [5, 5.41) is 0. The molecule has 0 radical (unpaired) electrons. The third-order valence-electron chi connectivity index (χ3n) is 5.97. The van der Waals surface area contributed by atoms with E-state index in [2.05, 4.69) is 0 Å². The quantitative estimate of drug-likeness (QED) is 0.544. The fourth-order valence-corrected chi connectivity index (χ4v) is 4.38. The minimum absolute atomic E-state index is 0.313. The highest BCUT2D eigenvalue weighted by Gasteiger charge is 2.30. The molecule has 0 aromatic heterocycles. The van der Waals surface area contributed by atoms with E-state index < -0.39 is 11.9 Å². The molecule has 0 unspecified atom stereocenters. The molecule has 33 heavy (non-hydrogen) atoms. The summed E-state index contributed by atoms with van der Waals surface area (Å²) >= 11 is 0. The first kappa shape index (κ1) is 25.8. The summed E-state index contributed by atoms with van der Waals surface area (Å²) in [6, 6.07) is 0. The Morgan fingerprint density at radius 2 is 0.818 bits per heavy atom. The molecule has 0 N–H and O–H groups in total. The number of benzene rings is 2. The SMILES string of the molecule is COC(=O)c1c(C)c(Cc2c(C)c(C(=O)OC)c(OC)c(C)c2OC)c(OC)c(C)c1OC. The van der Waals surface area contributed by atoms with E-state index in [9.17, 15) is 9.59 Å². The molecule has 2 aromatic rings. The van der Waals surface area contributed by atoms with E-state index >= 15 is 0 Å². The van der Waals surface area contributed by atoms with Crippen LogP contribution in [0.5, 0.6) is 23.0 Å². The van der Waals surface area contributed by atoms with Crippen molar-refractivity contribution < 1.29 is 38.0 Å². The lowest BCUT2D eigenvalue weighted by atomic mass is 9.87. The summed E-state index contributed by atoms with van der Waals surface area (Å²) in [5.74, 6) is 0.912. The van der Waals surface area contributed by atoms with Crippen molar-refractivity contribution in [1.29, 1.82) is 0 Å². The first-order chi connectivity index (χ1) is 15.6. The van der Waals surface area contributed by atoms with E-state index in [0.29, 0.717) is 62.8 Å². The van der Waals surface area contributed by atoms with Gasteiger partial charge in [0.1, 0.15) is 34.1 Å². The maximum absolute atomic E-state index is 12.6. The fraction of sp³-hybridized carbons (Fsp3) is 0.440. The van der Waals surface area contributed by atoms with E-state index in [-0.39, 0.29) is 0 Å². The molecule has 180 valence electrons. The number of ether oxygens (including phenoxy) is 6. The zero-order chi connectivity index (χ0) is 25.0. The number of carbonyl (C=O) groups is 2. The average molecular weight is 461 g/mol. The average Bonchev–Trinajstić information content (AvgIpc) is 2.81. The topological polar surface area (TPSA) is 89.5 Å². The summed E-state index contributed by atoms with van der Waals surface area (Å²) in [4.78, 5) is 25.3. The van der Waals surface area contributed by atoms with Gasteiger partial charge in [0.15, 0.2) is 0 Å². The zero-order valence-corrected chi connectivity index (χ0v) is 21.0. The molecule has 0 heterocycles. The Kier molecular flexibility index (Phi) is 8.19. The zero-order valence-electron chi connectivity index (χ0n) is 21.0. The van der Waals surface area contributed by atoms with Crippen LogP contribution in [-0.4, -0.2) is 54.6 Å². The van der Waals surface area contributed by atoms with Crippen molar-refractivity contribution in [2.45, 2.75) is 34.1 Å². The molecular weight excluding hydrogens is 428 g/mol. The minimum Gasteiger partial charge on any atom is -0.496 e. The van der Waals surface area contributed by atoms with Gasteiger partial charge in [0.2, 0.25) is 0 Å². The number of esters is 2. The van der Waals surface area contributed by atoms with Crippen LogP contribution in [0.15, 0.2) is 0 Å². The Bertz CT molecular complexity index is 1000. The highest BCUT2D eigenvalue weighted by molar-refractivity contribution is 5.97. The molecule has 0 saturated carbocycles. The lowest BCUT2D eigenvalue weighted by Crippen LogP contribution is -2.15. The van der Waals surface area contributed by atoms with Crippen LogP contribution in [0.25, 0.3) is 0 Å². The van der Waals surface area contributed by atoms with E-state index in [4.69, 9.17) is 28.4 Å². The largest absolute Gasteiger partial charge is 0.496 e. The smallest absolute Gasteiger partial charge is 0.341 e. The Balaban J connectivity index is 2.96. The van der Waals surface area contributed by atoms with Crippen molar-refractivity contribution in [3.8, 4) is 23.0 Å². The minimum atomic E-state index is -0.513. The van der Waals surface area contributed by atoms with Gasteiger partial charge in [-0.15, -0.1) is 0 Å². The normalized spacial score (nSPS) is 10.5. The van der Waals surface area contributed by atoms with Gasteiger partial charge in [0.25, 0.3) is 0 Å². The third kappa shape index (κ3) is 4.29. The highest BCUT2D eigenvalue weighted by Crippen LogP contribution is 2.44. The number of methoxy groups -OCH3 is 6. The maximum atomic E-state index is 12.6. The van der Waals surface area contributed by atoms with Crippen molar-refractivity contribution in [2.24, 2.45) is 0 Å². The number of carbonyl (C=O) groups excluding carboxylic acids is 2. The predicted octanol–water partition coefficient (Wildman–Crippen LogP) is 4.12. The van der Waals surface area contributed by atoms with E-state index in [1.165, 1.54) is 28.4 Å². The third-order valence-corrected chi connectivity index (χ3v) is 5.97. The van der Waals surface area contributed by atoms with Crippen molar-refractivity contribution in [2.75, 3.05) is 42.7 Å². The Morgan fingerprint density at radius 1 is 0.515 bits per heavy atom. The summed E-state index contributed by atoms with van der Waals surface area (Å²) < 4.78 is 32.6. The standard InChI is InChI=1S/C25H32O8/c1-12-16(20(28-5)14(3)22(30-7)18(12)24(26)32-9)11-17-13(2)19(25(27)33-10)23(31-8)15(4)21(17)29-6/h11H2,1-10H3. The Labute approximate surface area is 194 Å². The Hall–Kier alpha value is -3.42. The first-order valence-corrected chi connectivity index (χ1v) is 10.3. The molecule has 0 aliphatic heterocycles. The van der Waals surface area contributed by atoms with E-state index in [1.807, 2.05) is 27.7 Å². The number of hydrogen-bond acceptors (Lipinski definition) is 8. The molecule has 0 aliphatic carbocycles. The van der Waals surface area contributed by atoms with Crippen LogP contribution < -0.4 is 18.9 Å². The van der Waals surface area contributed by atoms with Crippen molar-refractivity contribution in [1.82, 2.24) is 0 Å². The van der Waals surface area contributed by atoms with Gasteiger partial charge in [-0.3, -0.25) is 0 Å². The van der Waals surface area contributed by atoms with Crippen molar-refractivity contribution >= 4 is 11.9 Å². The molecular formula is C25H32O8. The first-order valence-electron chi connectivity index (χ1n) is 10.3. The lowest BCUT2D eigenvalue weighted by molar-refractivity contribution is 0.0586. The van der Waals surface area contributed by atoms with Gasteiger partial charge in [-0.05, 0) is 38.8 Å². The molecule has 0 saturated heterocycles. The van der Waals surface area contributed by atoms with Gasteiger partial charge in [-0.2, -0.15) is 0 Å². The van der Waals surface area contributed by atoms with Crippen LogP contribution in [0, 0.1) is 27.7 Å². The summed E-state index contributed by atoms with van der Waals surface area (Å²) in [7, 11) is 8.76. The van der Waals surface area contributed by atoms with Crippen molar-refractivity contribution in [3.05, 3.63) is 44.5 Å². The number of rotatable bonds is 8. The van der Waals surface area contributed by atoms with E-state index in [0.717, 1.165) is 11.1 Å². The second-order valence-corrected chi connectivity index (χ2v) is 7.50. The van der Waals surface area contributed by atoms with Crippen LogP contribution in [-0.2, 0) is 15.9 Å². The predicted molar refractivity (Wildman–Crippen MR) is 124 cm³/mol. The lowest BCUT2D eigenvalue weighted by Gasteiger charge is -2.24. The molecule has 0 spiro atoms. The summed E-state index contributed by atoms with van der Waals surface area (Å²) in [6.45, 7) is 7.25. The molecule has 0 bridgehead atoms. The van der Waals surface area contributed by atoms with Gasteiger partial charge < -0.3 is 28.4 Å². The molecule has 0 amide bonds. The summed E-state index contributed by atoms with van der Waals surface area (Å²) in [6.07, 6.45) is 0.313. The molecule has 8 nitrogen and oxygen atoms in total. The molecule has 0 aliphatic rings. The van der Waals surface area contributed by atoms with Gasteiger partial charge in [0.05, 0.1) is 42.7 Å². The van der Waals surface area contributed by atoms with E-state index in [1.54, 1.807) is 14.2 Å². The fourth-order valence-electron chi connectivity index (χ4n) is 4.38. The van der Waals surface area contributed by atoms with Crippen molar-refractivity contribution in [3.63, 3.8) is 0 Å². The monoisotopic (exact) mass is 460 g/mol. The molecule has 2 aromatic carbocycles.